The number of carbonyl (C=O) groups is 2. The van der Waals surface area contributed by atoms with Gasteiger partial charge in [0, 0.05) is 32.6 Å². The fraction of sp³-hybridized carbons (Fsp3) is 0. The van der Waals surface area contributed by atoms with E-state index in [0.29, 0.717) is 16.8 Å². The van der Waals surface area contributed by atoms with Crippen LogP contribution in [0.5, 0.6) is 0 Å². The summed E-state index contributed by atoms with van der Waals surface area (Å²) in [4.78, 5) is 30.4. The Morgan fingerprint density at radius 2 is 1.72 bits per heavy atom. The quantitative estimate of drug-likeness (QED) is 0.273. The summed E-state index contributed by atoms with van der Waals surface area (Å²) in [5.41, 5.74) is 9.38. The Hall–Kier alpha value is -4.69. The van der Waals surface area contributed by atoms with E-state index in [-0.39, 0.29) is 5.91 Å². The minimum Gasteiger partial charge on any atom is -0.366 e. The number of primary amides is 1. The van der Waals surface area contributed by atoms with Crippen LogP contribution < -0.4 is 11.1 Å². The summed E-state index contributed by atoms with van der Waals surface area (Å²) in [6.45, 7) is 0. The smallest absolute Gasteiger partial charge is 0.256 e. The number of H-pyrrole nitrogens is 1. The van der Waals surface area contributed by atoms with Gasteiger partial charge in [-0.05, 0) is 78.9 Å². The molecule has 5 rings (SSSR count). The molecule has 36 heavy (non-hydrogen) atoms. The highest BCUT2D eigenvalue weighted by molar-refractivity contribution is 7.99. The molecule has 3 aromatic carbocycles. The molecule has 4 N–H and O–H groups in total. The molecule has 5 aromatic rings. The minimum atomic E-state index is -0.514. The highest BCUT2D eigenvalue weighted by atomic mass is 32.2. The number of anilines is 1. The minimum absolute atomic E-state index is 0.241. The fourth-order valence-electron chi connectivity index (χ4n) is 3.64. The maximum atomic E-state index is 13.0. The standard InChI is InChI=1S/C28H21N5O2S/c29-27(34)18-8-10-20(11-9-18)31-28(35)23-6-1-2-7-26(23)36-21-13-14-22-24(32-33-25(22)17-21)15-12-19-5-3-4-16-30-19/h1-17H,(H2,29,34)(H,31,35)(H,32,33)/b15-12+. The van der Waals surface area contributed by atoms with E-state index in [1.54, 1.807) is 36.5 Å². The Balaban J connectivity index is 1.34. The third kappa shape index (κ3) is 5.18. The van der Waals surface area contributed by atoms with Gasteiger partial charge < -0.3 is 11.1 Å². The van der Waals surface area contributed by atoms with Gasteiger partial charge in [-0.2, -0.15) is 5.10 Å². The van der Waals surface area contributed by atoms with Crippen LogP contribution in [-0.2, 0) is 0 Å². The van der Waals surface area contributed by atoms with Gasteiger partial charge in [-0.1, -0.05) is 30.0 Å². The van der Waals surface area contributed by atoms with E-state index in [1.165, 1.54) is 11.8 Å². The van der Waals surface area contributed by atoms with Gasteiger partial charge in [0.2, 0.25) is 5.91 Å². The van der Waals surface area contributed by atoms with Crippen LogP contribution in [0.2, 0.25) is 0 Å². The number of nitrogens with zero attached hydrogens (tertiary/aromatic N) is 2. The predicted molar refractivity (Wildman–Crippen MR) is 143 cm³/mol. The normalized spacial score (nSPS) is 11.1. The third-order valence-corrected chi connectivity index (χ3v) is 6.52. The van der Waals surface area contributed by atoms with Crippen LogP contribution in [0, 0.1) is 0 Å². The van der Waals surface area contributed by atoms with Crippen molar-refractivity contribution in [2.75, 3.05) is 5.32 Å². The van der Waals surface area contributed by atoms with Crippen LogP contribution in [0.25, 0.3) is 23.1 Å². The van der Waals surface area contributed by atoms with Crippen molar-refractivity contribution in [2.24, 2.45) is 5.73 Å². The zero-order chi connectivity index (χ0) is 24.9. The second-order valence-electron chi connectivity index (χ2n) is 7.90. The molecule has 0 saturated heterocycles. The van der Waals surface area contributed by atoms with Crippen molar-refractivity contribution in [3.05, 3.63) is 114 Å². The summed E-state index contributed by atoms with van der Waals surface area (Å²) in [5, 5.41) is 11.4. The Kier molecular flexibility index (Phi) is 6.59. The van der Waals surface area contributed by atoms with Gasteiger partial charge in [-0.15, -0.1) is 0 Å². The molecule has 0 radical (unpaired) electrons. The molecule has 0 saturated carbocycles. The molecule has 8 heteroatoms. The molecule has 0 atom stereocenters. The van der Waals surface area contributed by atoms with Gasteiger partial charge in [0.05, 0.1) is 22.5 Å². The SMILES string of the molecule is NC(=O)c1ccc(NC(=O)c2ccccc2Sc2ccc3c(/C=C/c4ccccn4)n[nH]c3c2)cc1. The first-order chi connectivity index (χ1) is 17.6. The topological polar surface area (TPSA) is 114 Å². The number of carbonyl (C=O) groups excluding carboxylic acids is 2. The van der Waals surface area contributed by atoms with Crippen molar-refractivity contribution >= 4 is 52.3 Å². The number of rotatable bonds is 7. The van der Waals surface area contributed by atoms with Crippen molar-refractivity contribution < 1.29 is 9.59 Å². The first-order valence-electron chi connectivity index (χ1n) is 11.1. The molecular formula is C28H21N5O2S. The van der Waals surface area contributed by atoms with Crippen molar-refractivity contribution in [1.82, 2.24) is 15.2 Å². The average Bonchev–Trinajstić information content (AvgIpc) is 3.31. The Morgan fingerprint density at radius 3 is 2.50 bits per heavy atom. The lowest BCUT2D eigenvalue weighted by molar-refractivity contribution is 0.0998. The average molecular weight is 492 g/mol. The van der Waals surface area contributed by atoms with Crippen LogP contribution in [0.3, 0.4) is 0 Å². The van der Waals surface area contributed by atoms with Crippen LogP contribution in [-0.4, -0.2) is 27.0 Å². The monoisotopic (exact) mass is 491 g/mol. The molecule has 0 unspecified atom stereocenters. The number of hydrogen-bond acceptors (Lipinski definition) is 5. The van der Waals surface area contributed by atoms with Gasteiger partial charge in [-0.3, -0.25) is 19.7 Å². The number of aromatic amines is 1. The first-order valence-corrected chi connectivity index (χ1v) is 11.9. The van der Waals surface area contributed by atoms with Gasteiger partial charge >= 0.3 is 0 Å². The van der Waals surface area contributed by atoms with Gasteiger partial charge in [0.25, 0.3) is 5.91 Å². The van der Waals surface area contributed by atoms with Crippen molar-refractivity contribution in [3.63, 3.8) is 0 Å². The van der Waals surface area contributed by atoms with E-state index in [1.807, 2.05) is 66.7 Å². The summed E-state index contributed by atoms with van der Waals surface area (Å²) in [6, 6.07) is 25.7. The molecule has 0 bridgehead atoms. The lowest BCUT2D eigenvalue weighted by Crippen LogP contribution is -2.14. The third-order valence-electron chi connectivity index (χ3n) is 5.45. The van der Waals surface area contributed by atoms with Gasteiger partial charge in [-0.25, -0.2) is 0 Å². The fourth-order valence-corrected chi connectivity index (χ4v) is 4.62. The summed E-state index contributed by atoms with van der Waals surface area (Å²) in [5.74, 6) is -0.755. The van der Waals surface area contributed by atoms with E-state index in [2.05, 4.69) is 20.5 Å². The molecule has 176 valence electrons. The molecule has 2 heterocycles. The predicted octanol–water partition coefficient (Wildman–Crippen LogP) is 5.63. The van der Waals surface area contributed by atoms with Crippen LogP contribution in [0.15, 0.2) is 101 Å². The van der Waals surface area contributed by atoms with Gasteiger partial charge in [0.15, 0.2) is 0 Å². The number of amides is 2. The van der Waals surface area contributed by atoms with E-state index in [9.17, 15) is 9.59 Å². The molecule has 0 spiro atoms. The molecule has 0 aliphatic rings. The maximum absolute atomic E-state index is 13.0. The summed E-state index contributed by atoms with van der Waals surface area (Å²) in [7, 11) is 0. The lowest BCUT2D eigenvalue weighted by Gasteiger charge is -2.10. The summed E-state index contributed by atoms with van der Waals surface area (Å²) < 4.78 is 0. The van der Waals surface area contributed by atoms with Crippen molar-refractivity contribution in [2.45, 2.75) is 9.79 Å². The second-order valence-corrected chi connectivity index (χ2v) is 9.01. The van der Waals surface area contributed by atoms with Gasteiger partial charge in [0.1, 0.15) is 0 Å². The molecule has 7 nitrogen and oxygen atoms in total. The van der Waals surface area contributed by atoms with E-state index in [0.717, 1.165) is 32.1 Å². The number of nitrogens with two attached hydrogens (primary N) is 1. The number of aromatic nitrogens is 3. The summed E-state index contributed by atoms with van der Waals surface area (Å²) >= 11 is 1.50. The van der Waals surface area contributed by atoms with Crippen LogP contribution in [0.4, 0.5) is 5.69 Å². The van der Waals surface area contributed by atoms with Crippen LogP contribution >= 0.6 is 11.8 Å². The first kappa shape index (κ1) is 23.1. The Labute approximate surface area is 211 Å². The molecular weight excluding hydrogens is 470 g/mol. The number of nitrogens with one attached hydrogen (secondary N) is 2. The Bertz CT molecular complexity index is 1580. The number of hydrogen-bond donors (Lipinski definition) is 3. The zero-order valence-corrected chi connectivity index (χ0v) is 19.8. The maximum Gasteiger partial charge on any atom is 0.256 e. The lowest BCUT2D eigenvalue weighted by atomic mass is 10.1. The molecule has 2 aromatic heterocycles. The highest BCUT2D eigenvalue weighted by Gasteiger charge is 2.14. The molecule has 0 fully saturated rings. The van der Waals surface area contributed by atoms with Crippen LogP contribution in [0.1, 0.15) is 32.1 Å². The number of fused-ring (bicyclic) bond motifs is 1. The largest absolute Gasteiger partial charge is 0.366 e. The number of pyridine rings is 1. The molecule has 0 aliphatic heterocycles. The van der Waals surface area contributed by atoms with E-state index < -0.39 is 5.91 Å². The number of benzene rings is 3. The van der Waals surface area contributed by atoms with Crippen molar-refractivity contribution in [1.29, 1.82) is 0 Å². The van der Waals surface area contributed by atoms with E-state index >= 15 is 0 Å². The molecule has 0 aliphatic carbocycles. The van der Waals surface area contributed by atoms with E-state index in [4.69, 9.17) is 5.73 Å². The highest BCUT2D eigenvalue weighted by Crippen LogP contribution is 2.33. The Morgan fingerprint density at radius 1 is 0.917 bits per heavy atom. The second kappa shape index (κ2) is 10.3. The molecule has 2 amide bonds. The van der Waals surface area contributed by atoms with Crippen molar-refractivity contribution in [3.8, 4) is 0 Å². The zero-order valence-electron chi connectivity index (χ0n) is 19.0. The summed E-state index contributed by atoms with van der Waals surface area (Å²) in [6.07, 6.45) is 5.61.